The van der Waals surface area contributed by atoms with Crippen LogP contribution in [0.1, 0.15) is 25.0 Å². The van der Waals surface area contributed by atoms with E-state index in [1.807, 2.05) is 19.9 Å². The second kappa shape index (κ2) is 4.14. The second-order valence-electron chi connectivity index (χ2n) is 4.35. The highest BCUT2D eigenvalue weighted by molar-refractivity contribution is 7.89. The monoisotopic (exact) mass is 240 g/mol. The van der Waals surface area contributed by atoms with E-state index < -0.39 is 10.0 Å². The average molecular weight is 240 g/mol. The lowest BCUT2D eigenvalue weighted by atomic mass is 10.1. The summed E-state index contributed by atoms with van der Waals surface area (Å²) in [5.74, 6) is 0.184. The van der Waals surface area contributed by atoms with Crippen LogP contribution in [-0.4, -0.2) is 29.5 Å². The van der Waals surface area contributed by atoms with Crippen LogP contribution in [-0.2, 0) is 23.0 Å². The number of aromatic nitrogens is 1. The Bertz CT molecular complexity index is 483. The number of rotatable bonds is 1. The zero-order valence-electron chi connectivity index (χ0n) is 9.55. The molecule has 16 heavy (non-hydrogen) atoms. The summed E-state index contributed by atoms with van der Waals surface area (Å²) in [5, 5.41) is 0. The number of aryl methyl sites for hydroxylation is 1. The van der Waals surface area contributed by atoms with Crippen molar-refractivity contribution in [2.75, 3.05) is 5.75 Å². The standard InChI is InChI=1S/C11H16N2O2S/c1-9(2)13-8-11-3-5-12-7-10(11)4-6-16(13,14)15/h3,5,7,9H,4,6,8H2,1-2H3. The first-order chi connectivity index (χ1) is 7.50. The minimum Gasteiger partial charge on any atom is -0.264 e. The molecule has 1 aromatic heterocycles. The van der Waals surface area contributed by atoms with Gasteiger partial charge in [-0.1, -0.05) is 0 Å². The molecule has 0 saturated heterocycles. The molecule has 88 valence electrons. The summed E-state index contributed by atoms with van der Waals surface area (Å²) in [5.41, 5.74) is 2.12. The van der Waals surface area contributed by atoms with E-state index in [1.165, 1.54) is 0 Å². The predicted octanol–water partition coefficient (Wildman–Crippen LogP) is 1.18. The highest BCUT2D eigenvalue weighted by Crippen LogP contribution is 2.21. The van der Waals surface area contributed by atoms with E-state index in [1.54, 1.807) is 16.7 Å². The third kappa shape index (κ3) is 2.10. The zero-order valence-corrected chi connectivity index (χ0v) is 10.4. The van der Waals surface area contributed by atoms with Crippen LogP contribution in [0.3, 0.4) is 0 Å². The van der Waals surface area contributed by atoms with Gasteiger partial charge in [0.05, 0.1) is 5.75 Å². The van der Waals surface area contributed by atoms with Crippen molar-refractivity contribution >= 4 is 10.0 Å². The van der Waals surface area contributed by atoms with Gasteiger partial charge in [0, 0.05) is 25.0 Å². The van der Waals surface area contributed by atoms with E-state index in [0.717, 1.165) is 11.1 Å². The summed E-state index contributed by atoms with van der Waals surface area (Å²) in [7, 11) is -3.12. The number of sulfonamides is 1. The molecule has 0 fully saturated rings. The van der Waals surface area contributed by atoms with Crippen molar-refractivity contribution < 1.29 is 8.42 Å². The van der Waals surface area contributed by atoms with Crippen LogP contribution in [0, 0.1) is 0 Å². The van der Waals surface area contributed by atoms with Crippen molar-refractivity contribution in [2.45, 2.75) is 32.9 Å². The number of nitrogens with zero attached hydrogens (tertiary/aromatic N) is 2. The Kier molecular flexibility index (Phi) is 2.99. The lowest BCUT2D eigenvalue weighted by Crippen LogP contribution is -2.36. The van der Waals surface area contributed by atoms with Crippen molar-refractivity contribution in [3.8, 4) is 0 Å². The fraction of sp³-hybridized carbons (Fsp3) is 0.545. The van der Waals surface area contributed by atoms with Gasteiger partial charge >= 0.3 is 0 Å². The summed E-state index contributed by atoms with van der Waals surface area (Å²) in [6.45, 7) is 4.28. The Hall–Kier alpha value is -0.940. The van der Waals surface area contributed by atoms with Crippen LogP contribution in [0.4, 0.5) is 0 Å². The van der Waals surface area contributed by atoms with Gasteiger partial charge in [0.1, 0.15) is 0 Å². The molecule has 0 bridgehead atoms. The molecular formula is C11H16N2O2S. The molecule has 1 aliphatic heterocycles. The van der Waals surface area contributed by atoms with Gasteiger partial charge in [0.25, 0.3) is 0 Å². The fourth-order valence-corrected chi connectivity index (χ4v) is 3.65. The van der Waals surface area contributed by atoms with Crippen LogP contribution < -0.4 is 0 Å². The number of hydrogen-bond donors (Lipinski definition) is 0. The molecular weight excluding hydrogens is 224 g/mol. The highest BCUT2D eigenvalue weighted by atomic mass is 32.2. The number of pyridine rings is 1. The fourth-order valence-electron chi connectivity index (χ4n) is 1.96. The third-order valence-corrected chi connectivity index (χ3v) is 4.88. The summed E-state index contributed by atoms with van der Waals surface area (Å²) in [6, 6.07) is 1.91. The third-order valence-electron chi connectivity index (χ3n) is 2.89. The maximum absolute atomic E-state index is 12.0. The highest BCUT2D eigenvalue weighted by Gasteiger charge is 2.28. The Morgan fingerprint density at radius 1 is 1.38 bits per heavy atom. The smallest absolute Gasteiger partial charge is 0.214 e. The van der Waals surface area contributed by atoms with Gasteiger partial charge < -0.3 is 0 Å². The van der Waals surface area contributed by atoms with E-state index in [0.29, 0.717) is 13.0 Å². The molecule has 2 heterocycles. The maximum Gasteiger partial charge on any atom is 0.214 e. The molecule has 0 aliphatic carbocycles. The first-order valence-corrected chi connectivity index (χ1v) is 7.03. The predicted molar refractivity (Wildman–Crippen MR) is 62.4 cm³/mol. The van der Waals surface area contributed by atoms with Gasteiger partial charge in [-0.15, -0.1) is 0 Å². The molecule has 5 heteroatoms. The Morgan fingerprint density at radius 2 is 2.12 bits per heavy atom. The van der Waals surface area contributed by atoms with Crippen molar-refractivity contribution in [1.29, 1.82) is 0 Å². The maximum atomic E-state index is 12.0. The van der Waals surface area contributed by atoms with Crippen molar-refractivity contribution in [1.82, 2.24) is 9.29 Å². The van der Waals surface area contributed by atoms with Crippen LogP contribution >= 0.6 is 0 Å². The number of hydrogen-bond acceptors (Lipinski definition) is 3. The minimum atomic E-state index is -3.12. The number of fused-ring (bicyclic) bond motifs is 1. The molecule has 1 aliphatic rings. The summed E-state index contributed by atoms with van der Waals surface area (Å²) < 4.78 is 25.6. The van der Waals surface area contributed by atoms with Crippen LogP contribution in [0.25, 0.3) is 0 Å². The van der Waals surface area contributed by atoms with E-state index >= 15 is 0 Å². The molecule has 0 atom stereocenters. The van der Waals surface area contributed by atoms with Gasteiger partial charge in [-0.2, -0.15) is 4.31 Å². The van der Waals surface area contributed by atoms with Crippen LogP contribution in [0.2, 0.25) is 0 Å². The lowest BCUT2D eigenvalue weighted by Gasteiger charge is -2.23. The van der Waals surface area contributed by atoms with Gasteiger partial charge in [0.2, 0.25) is 10.0 Å². The molecule has 0 N–H and O–H groups in total. The first kappa shape index (κ1) is 11.5. The summed E-state index contributed by atoms with van der Waals surface area (Å²) in [4.78, 5) is 4.04. The first-order valence-electron chi connectivity index (χ1n) is 5.42. The van der Waals surface area contributed by atoms with Crippen LogP contribution in [0.15, 0.2) is 18.5 Å². The van der Waals surface area contributed by atoms with Crippen molar-refractivity contribution in [3.63, 3.8) is 0 Å². The van der Waals surface area contributed by atoms with Crippen molar-refractivity contribution in [3.05, 3.63) is 29.6 Å². The normalized spacial score (nSPS) is 20.4. The average Bonchev–Trinajstić information content (AvgIpc) is 2.36. The zero-order chi connectivity index (χ0) is 11.8. The SMILES string of the molecule is CC(C)N1Cc2ccncc2CCS1(=O)=O. The molecule has 0 spiro atoms. The second-order valence-corrected chi connectivity index (χ2v) is 6.39. The molecule has 0 amide bonds. The Morgan fingerprint density at radius 3 is 2.81 bits per heavy atom. The van der Waals surface area contributed by atoms with E-state index in [4.69, 9.17) is 0 Å². The topological polar surface area (TPSA) is 50.3 Å². The molecule has 4 nitrogen and oxygen atoms in total. The minimum absolute atomic E-state index is 0.00381. The molecule has 1 aromatic rings. The Balaban J connectivity index is 2.42. The van der Waals surface area contributed by atoms with E-state index in [9.17, 15) is 8.42 Å². The largest absolute Gasteiger partial charge is 0.264 e. The van der Waals surface area contributed by atoms with Gasteiger partial charge in [-0.05, 0) is 37.5 Å². The van der Waals surface area contributed by atoms with E-state index in [2.05, 4.69) is 4.98 Å². The molecule has 0 unspecified atom stereocenters. The van der Waals surface area contributed by atoms with Gasteiger partial charge in [0.15, 0.2) is 0 Å². The molecule has 0 aromatic carbocycles. The van der Waals surface area contributed by atoms with Gasteiger partial charge in [-0.25, -0.2) is 8.42 Å². The van der Waals surface area contributed by atoms with Gasteiger partial charge in [-0.3, -0.25) is 4.98 Å². The Labute approximate surface area is 96.4 Å². The summed E-state index contributed by atoms with van der Waals surface area (Å²) in [6.07, 6.45) is 4.05. The molecule has 0 radical (unpaired) electrons. The van der Waals surface area contributed by atoms with Crippen LogP contribution in [0.5, 0.6) is 0 Å². The van der Waals surface area contributed by atoms with Crippen molar-refractivity contribution in [2.24, 2.45) is 0 Å². The van der Waals surface area contributed by atoms with E-state index in [-0.39, 0.29) is 11.8 Å². The summed E-state index contributed by atoms with van der Waals surface area (Å²) >= 11 is 0. The lowest BCUT2D eigenvalue weighted by molar-refractivity contribution is 0.351. The quantitative estimate of drug-likeness (QED) is 0.740. The molecule has 2 rings (SSSR count). The molecule has 0 saturated carbocycles.